The van der Waals surface area contributed by atoms with Crippen LogP contribution in [0.3, 0.4) is 0 Å². The van der Waals surface area contributed by atoms with E-state index in [0.29, 0.717) is 24.1 Å². The summed E-state index contributed by atoms with van der Waals surface area (Å²) in [6.45, 7) is 8.38. The number of fused-ring (bicyclic) bond motifs is 3. The third-order valence-corrected chi connectivity index (χ3v) is 6.22. The Balaban J connectivity index is 1.77. The predicted octanol–water partition coefficient (Wildman–Crippen LogP) is 3.45. The molecule has 2 heterocycles. The largest absolute Gasteiger partial charge is 0.383 e. The number of hydrogen-bond acceptors (Lipinski definition) is 6. The molecule has 0 fully saturated rings. The highest BCUT2D eigenvalue weighted by molar-refractivity contribution is 7.99. The maximum Gasteiger partial charge on any atom is 0.233 e. The Hall–Kier alpha value is -1.86. The summed E-state index contributed by atoms with van der Waals surface area (Å²) in [5.41, 5.74) is 7.54. The summed E-state index contributed by atoms with van der Waals surface area (Å²) in [5, 5.41) is 1.59. The topological polar surface area (TPSA) is 72.1 Å². The summed E-state index contributed by atoms with van der Waals surface area (Å²) in [5.74, 6) is 0.823. The zero-order valence-electron chi connectivity index (χ0n) is 14.2. The number of nitrogens with two attached hydrogens (primary N) is 1. The molecular formula is C18H22N4OS2. The standard InChI is InChI=1S/C18H22N4OS2/c1-3-9-22(10-4-2)14(23)11-24-18-20-16(19)15-12-7-5-6-8-13(12)25-17(15)21-18/h3-4H,1-2,5-11H2,(H2,19,20,21). The number of aromatic nitrogens is 2. The minimum absolute atomic E-state index is 0.0116. The number of thiophene rings is 1. The van der Waals surface area contributed by atoms with E-state index in [4.69, 9.17) is 5.73 Å². The van der Waals surface area contributed by atoms with E-state index in [1.54, 1.807) is 28.4 Å². The first-order valence-electron chi connectivity index (χ1n) is 8.34. The van der Waals surface area contributed by atoms with Crippen molar-refractivity contribution in [2.75, 3.05) is 24.6 Å². The molecule has 0 saturated carbocycles. The van der Waals surface area contributed by atoms with Gasteiger partial charge in [-0.25, -0.2) is 9.97 Å². The summed E-state index contributed by atoms with van der Waals surface area (Å²) in [7, 11) is 0. The van der Waals surface area contributed by atoms with Gasteiger partial charge in [-0.3, -0.25) is 4.79 Å². The van der Waals surface area contributed by atoms with Gasteiger partial charge in [-0.15, -0.1) is 24.5 Å². The number of carbonyl (C=O) groups excluding carboxylic acids is 1. The van der Waals surface area contributed by atoms with Crippen molar-refractivity contribution in [2.45, 2.75) is 30.8 Å². The van der Waals surface area contributed by atoms with Gasteiger partial charge in [0, 0.05) is 18.0 Å². The Bertz CT molecular complexity index is 805. The second-order valence-electron chi connectivity index (χ2n) is 5.95. The molecule has 0 bridgehead atoms. The van der Waals surface area contributed by atoms with Gasteiger partial charge in [0.2, 0.25) is 5.91 Å². The molecule has 5 nitrogen and oxygen atoms in total. The Kier molecular flexibility index (Phi) is 5.75. The van der Waals surface area contributed by atoms with Crippen LogP contribution in [0, 0.1) is 0 Å². The normalized spacial score (nSPS) is 13.4. The van der Waals surface area contributed by atoms with Gasteiger partial charge < -0.3 is 10.6 Å². The fourth-order valence-corrected chi connectivity index (χ4v) is 5.12. The molecule has 2 N–H and O–H groups in total. The van der Waals surface area contributed by atoms with E-state index in [1.807, 2.05) is 0 Å². The molecule has 0 aliphatic heterocycles. The average molecular weight is 375 g/mol. The van der Waals surface area contributed by atoms with E-state index in [-0.39, 0.29) is 11.7 Å². The maximum absolute atomic E-state index is 12.3. The quantitative estimate of drug-likeness (QED) is 0.457. The SMILES string of the molecule is C=CCN(CC=C)C(=O)CSc1nc(N)c2c3c(sc2n1)CCCC3. The van der Waals surface area contributed by atoms with E-state index in [0.717, 1.165) is 23.1 Å². The van der Waals surface area contributed by atoms with Crippen molar-refractivity contribution in [1.82, 2.24) is 14.9 Å². The summed E-state index contributed by atoms with van der Waals surface area (Å²) < 4.78 is 0. The number of carbonyl (C=O) groups is 1. The molecule has 2 aromatic heterocycles. The Labute approximate surface area is 156 Å². The van der Waals surface area contributed by atoms with Crippen molar-refractivity contribution in [3.8, 4) is 0 Å². The van der Waals surface area contributed by atoms with Crippen LogP contribution in [0.2, 0.25) is 0 Å². The lowest BCUT2D eigenvalue weighted by Gasteiger charge is -2.18. The number of anilines is 1. The molecule has 0 spiro atoms. The monoisotopic (exact) mass is 374 g/mol. The van der Waals surface area contributed by atoms with Crippen molar-refractivity contribution >= 4 is 45.0 Å². The summed E-state index contributed by atoms with van der Waals surface area (Å²) in [6, 6.07) is 0. The number of thioether (sulfide) groups is 1. The van der Waals surface area contributed by atoms with Crippen molar-refractivity contribution in [3.63, 3.8) is 0 Å². The van der Waals surface area contributed by atoms with E-state index < -0.39 is 0 Å². The van der Waals surface area contributed by atoms with Crippen molar-refractivity contribution in [2.24, 2.45) is 0 Å². The molecule has 1 aliphatic rings. The number of nitrogens with zero attached hydrogens (tertiary/aromatic N) is 3. The highest BCUT2D eigenvalue weighted by Crippen LogP contribution is 2.38. The van der Waals surface area contributed by atoms with Crippen LogP contribution in [0.15, 0.2) is 30.5 Å². The number of nitrogen functional groups attached to an aromatic ring is 1. The van der Waals surface area contributed by atoms with Gasteiger partial charge in [-0.1, -0.05) is 23.9 Å². The maximum atomic E-state index is 12.3. The van der Waals surface area contributed by atoms with Crippen molar-refractivity contribution in [3.05, 3.63) is 35.8 Å². The fraction of sp³-hybridized carbons (Fsp3) is 0.389. The lowest BCUT2D eigenvalue weighted by Crippen LogP contribution is -2.32. The minimum atomic E-state index is 0.0116. The molecule has 3 rings (SSSR count). The second-order valence-corrected chi connectivity index (χ2v) is 7.97. The number of hydrogen-bond donors (Lipinski definition) is 1. The molecule has 0 saturated heterocycles. The van der Waals surface area contributed by atoms with Gasteiger partial charge in [0.15, 0.2) is 5.16 Å². The fourth-order valence-electron chi connectivity index (χ4n) is 3.04. The minimum Gasteiger partial charge on any atom is -0.383 e. The van der Waals surface area contributed by atoms with E-state index in [1.165, 1.54) is 35.0 Å². The molecule has 0 unspecified atom stereocenters. The van der Waals surface area contributed by atoms with Crippen LogP contribution in [0.4, 0.5) is 5.82 Å². The lowest BCUT2D eigenvalue weighted by atomic mass is 9.97. The smallest absolute Gasteiger partial charge is 0.233 e. The Morgan fingerprint density at radius 1 is 1.24 bits per heavy atom. The third-order valence-electron chi connectivity index (χ3n) is 4.20. The molecule has 0 radical (unpaired) electrons. The first-order valence-corrected chi connectivity index (χ1v) is 10.1. The second kappa shape index (κ2) is 8.01. The van der Waals surface area contributed by atoms with Crippen LogP contribution in [-0.2, 0) is 17.6 Å². The summed E-state index contributed by atoms with van der Waals surface area (Å²) >= 11 is 3.05. The molecule has 2 aromatic rings. The molecule has 132 valence electrons. The zero-order valence-corrected chi connectivity index (χ0v) is 15.8. The van der Waals surface area contributed by atoms with E-state index in [2.05, 4.69) is 23.1 Å². The molecule has 1 aliphatic carbocycles. The molecular weight excluding hydrogens is 352 g/mol. The molecule has 7 heteroatoms. The third kappa shape index (κ3) is 3.88. The number of rotatable bonds is 7. The van der Waals surface area contributed by atoms with E-state index in [9.17, 15) is 4.79 Å². The number of aryl methyl sites for hydroxylation is 2. The van der Waals surface area contributed by atoms with E-state index >= 15 is 0 Å². The highest BCUT2D eigenvalue weighted by atomic mass is 32.2. The number of amides is 1. The van der Waals surface area contributed by atoms with Gasteiger partial charge >= 0.3 is 0 Å². The van der Waals surface area contributed by atoms with Crippen LogP contribution in [0.25, 0.3) is 10.2 Å². The van der Waals surface area contributed by atoms with Gasteiger partial charge in [0.05, 0.1) is 11.1 Å². The van der Waals surface area contributed by atoms with Crippen molar-refractivity contribution in [1.29, 1.82) is 0 Å². The van der Waals surface area contributed by atoms with Crippen LogP contribution < -0.4 is 5.73 Å². The molecule has 0 atom stereocenters. The van der Waals surface area contributed by atoms with Crippen LogP contribution in [0.1, 0.15) is 23.3 Å². The molecule has 25 heavy (non-hydrogen) atoms. The summed E-state index contributed by atoms with van der Waals surface area (Å²) in [6.07, 6.45) is 8.02. The lowest BCUT2D eigenvalue weighted by molar-refractivity contribution is -0.127. The Morgan fingerprint density at radius 2 is 1.96 bits per heavy atom. The van der Waals surface area contributed by atoms with Crippen LogP contribution in [-0.4, -0.2) is 39.6 Å². The summed E-state index contributed by atoms with van der Waals surface area (Å²) in [4.78, 5) is 25.4. The van der Waals surface area contributed by atoms with Crippen LogP contribution >= 0.6 is 23.1 Å². The zero-order chi connectivity index (χ0) is 17.8. The van der Waals surface area contributed by atoms with Gasteiger partial charge in [-0.2, -0.15) is 0 Å². The molecule has 0 aromatic carbocycles. The van der Waals surface area contributed by atoms with Crippen molar-refractivity contribution < 1.29 is 4.79 Å². The first kappa shape index (κ1) is 17.9. The molecule has 1 amide bonds. The average Bonchev–Trinajstić information content (AvgIpc) is 2.98. The first-order chi connectivity index (χ1) is 12.1. The highest BCUT2D eigenvalue weighted by Gasteiger charge is 2.20. The van der Waals surface area contributed by atoms with Crippen LogP contribution in [0.5, 0.6) is 0 Å². The van der Waals surface area contributed by atoms with Gasteiger partial charge in [0.1, 0.15) is 10.6 Å². The van der Waals surface area contributed by atoms with Gasteiger partial charge in [0.25, 0.3) is 0 Å². The van der Waals surface area contributed by atoms with Gasteiger partial charge in [-0.05, 0) is 31.2 Å². The predicted molar refractivity (Wildman–Crippen MR) is 106 cm³/mol. The Morgan fingerprint density at radius 3 is 2.68 bits per heavy atom.